The van der Waals surface area contributed by atoms with Gasteiger partial charge >= 0.3 is 11.9 Å². The molecule has 1 aromatic rings. The minimum absolute atomic E-state index is 0.0718. The van der Waals surface area contributed by atoms with Gasteiger partial charge in [-0.3, -0.25) is 0 Å². The van der Waals surface area contributed by atoms with Gasteiger partial charge in [0, 0.05) is 6.08 Å². The van der Waals surface area contributed by atoms with Crippen LogP contribution < -0.4 is 0 Å². The lowest BCUT2D eigenvalue weighted by molar-refractivity contribution is -0.132. The molecular formula is C11H12O4Si. The summed E-state index contributed by atoms with van der Waals surface area (Å²) in [5.74, 6) is -1.76. The maximum absolute atomic E-state index is 11.4. The Hall–Kier alpha value is -1.88. The third-order valence-corrected chi connectivity index (χ3v) is 2.41. The van der Waals surface area contributed by atoms with Crippen LogP contribution in [0.3, 0.4) is 0 Å². The molecule has 5 heteroatoms. The average molecular weight is 236 g/mol. The molecule has 0 heterocycles. The fourth-order valence-electron chi connectivity index (χ4n) is 1.23. The van der Waals surface area contributed by atoms with Gasteiger partial charge in [0.25, 0.3) is 0 Å². The second-order valence-corrected chi connectivity index (χ2v) is 3.66. The van der Waals surface area contributed by atoms with Gasteiger partial charge in [-0.05, 0) is 12.5 Å². The van der Waals surface area contributed by atoms with Crippen molar-refractivity contribution in [2.45, 2.75) is 6.92 Å². The lowest BCUT2D eigenvalue weighted by Gasteiger charge is -2.05. The van der Waals surface area contributed by atoms with E-state index >= 15 is 0 Å². The Morgan fingerprint density at radius 1 is 1.31 bits per heavy atom. The molecule has 0 atom stereocenters. The van der Waals surface area contributed by atoms with E-state index in [4.69, 9.17) is 5.11 Å². The van der Waals surface area contributed by atoms with Gasteiger partial charge in [-0.25, -0.2) is 9.59 Å². The van der Waals surface area contributed by atoms with Gasteiger partial charge in [0.05, 0.1) is 5.57 Å². The molecule has 1 rings (SSSR count). The summed E-state index contributed by atoms with van der Waals surface area (Å²) in [5, 5.41) is 8.67. The molecule has 0 aliphatic carbocycles. The van der Waals surface area contributed by atoms with Gasteiger partial charge < -0.3 is 9.53 Å². The van der Waals surface area contributed by atoms with Crippen molar-refractivity contribution < 1.29 is 19.1 Å². The summed E-state index contributed by atoms with van der Waals surface area (Å²) in [7, 11) is 0.237. The Morgan fingerprint density at radius 3 is 2.31 bits per heavy atom. The highest BCUT2D eigenvalue weighted by Gasteiger charge is 2.13. The zero-order valence-corrected chi connectivity index (χ0v) is 11.1. The quantitative estimate of drug-likeness (QED) is 0.605. The third-order valence-electron chi connectivity index (χ3n) is 2.04. The van der Waals surface area contributed by atoms with E-state index in [9.17, 15) is 9.59 Å². The molecule has 0 spiro atoms. The molecular weight excluding hydrogens is 224 g/mol. The Kier molecular flexibility index (Phi) is 4.01. The number of rotatable bonds is 3. The van der Waals surface area contributed by atoms with Gasteiger partial charge in [0.15, 0.2) is 0 Å². The first-order chi connectivity index (χ1) is 7.54. The molecule has 0 bridgehead atoms. The van der Waals surface area contributed by atoms with E-state index in [0.29, 0.717) is 5.56 Å². The molecule has 0 aliphatic rings. The molecule has 0 radical (unpaired) electrons. The van der Waals surface area contributed by atoms with Crippen LogP contribution in [-0.4, -0.2) is 27.5 Å². The molecule has 1 aromatic carbocycles. The number of hydrogen-bond acceptors (Lipinski definition) is 3. The fraction of sp³-hybridized carbons (Fsp3) is 0.0909. The molecule has 0 aliphatic heterocycles. The van der Waals surface area contributed by atoms with Crippen LogP contribution in [0.4, 0.5) is 0 Å². The zero-order chi connectivity index (χ0) is 12.1. The van der Waals surface area contributed by atoms with Crippen molar-refractivity contribution in [1.29, 1.82) is 0 Å². The topological polar surface area (TPSA) is 63.6 Å². The van der Waals surface area contributed by atoms with Gasteiger partial charge in [-0.1, -0.05) is 29.8 Å². The maximum Gasteiger partial charge on any atom is 0.329 e. The lowest BCUT2D eigenvalue weighted by Crippen LogP contribution is -2.07. The van der Waals surface area contributed by atoms with Crippen molar-refractivity contribution in [3.63, 3.8) is 0 Å². The van der Waals surface area contributed by atoms with E-state index in [0.717, 1.165) is 11.6 Å². The summed E-state index contributed by atoms with van der Waals surface area (Å²) in [6, 6.07) is 7.02. The van der Waals surface area contributed by atoms with Crippen molar-refractivity contribution in [1.82, 2.24) is 0 Å². The second kappa shape index (κ2) is 5.27. The normalized spacial score (nSPS) is 11.2. The Balaban J connectivity index is 3.16. The molecule has 0 aromatic heterocycles. The minimum atomic E-state index is -1.16. The smallest absolute Gasteiger partial charge is 0.329 e. The largest absolute Gasteiger partial charge is 0.525 e. The fourth-order valence-corrected chi connectivity index (χ4v) is 1.45. The van der Waals surface area contributed by atoms with E-state index in [2.05, 4.69) is 4.43 Å². The third kappa shape index (κ3) is 3.06. The lowest BCUT2D eigenvalue weighted by atomic mass is 10.0. The van der Waals surface area contributed by atoms with Crippen molar-refractivity contribution in [2.24, 2.45) is 0 Å². The summed E-state index contributed by atoms with van der Waals surface area (Å²) in [6.07, 6.45) is 0.866. The first-order valence-corrected chi connectivity index (χ1v) is 5.46. The SMILES string of the molecule is Cc1ccc(/C(=C/C(=O)O)C(=O)O[SiH3])cc1. The van der Waals surface area contributed by atoms with Crippen LogP contribution in [0, 0.1) is 6.92 Å². The maximum atomic E-state index is 11.4. The number of carboxylic acid groups (broad SMARTS) is 1. The molecule has 0 fully saturated rings. The summed E-state index contributed by atoms with van der Waals surface area (Å²) in [5.41, 5.74) is 1.66. The monoisotopic (exact) mass is 236 g/mol. The molecule has 0 unspecified atom stereocenters. The average Bonchev–Trinajstić information content (AvgIpc) is 2.26. The van der Waals surface area contributed by atoms with Gasteiger partial charge in [0.1, 0.15) is 0 Å². The van der Waals surface area contributed by atoms with E-state index in [1.807, 2.05) is 19.1 Å². The van der Waals surface area contributed by atoms with Crippen LogP contribution >= 0.6 is 0 Å². The van der Waals surface area contributed by atoms with Crippen LogP contribution in [-0.2, 0) is 14.0 Å². The summed E-state index contributed by atoms with van der Waals surface area (Å²) in [4.78, 5) is 22.0. The number of carboxylic acids is 1. The molecule has 4 nitrogen and oxygen atoms in total. The van der Waals surface area contributed by atoms with Crippen LogP contribution in [0.1, 0.15) is 11.1 Å². The molecule has 84 valence electrons. The molecule has 0 saturated heterocycles. The predicted molar refractivity (Wildman–Crippen MR) is 62.8 cm³/mol. The van der Waals surface area contributed by atoms with Crippen molar-refractivity contribution in [2.75, 3.05) is 0 Å². The van der Waals surface area contributed by atoms with Crippen LogP contribution in [0.2, 0.25) is 0 Å². The first-order valence-electron chi connectivity index (χ1n) is 4.64. The Bertz CT molecular complexity index is 434. The minimum Gasteiger partial charge on any atom is -0.525 e. The zero-order valence-electron chi connectivity index (χ0n) is 9.06. The van der Waals surface area contributed by atoms with Crippen LogP contribution in [0.5, 0.6) is 0 Å². The van der Waals surface area contributed by atoms with Crippen LogP contribution in [0.25, 0.3) is 5.57 Å². The molecule has 16 heavy (non-hydrogen) atoms. The van der Waals surface area contributed by atoms with Gasteiger partial charge in [-0.15, -0.1) is 0 Å². The number of carbonyl (C=O) groups excluding carboxylic acids is 1. The van der Waals surface area contributed by atoms with Crippen molar-refractivity contribution >= 4 is 28.0 Å². The van der Waals surface area contributed by atoms with Gasteiger partial charge in [-0.2, -0.15) is 0 Å². The number of benzene rings is 1. The molecule has 1 N–H and O–H groups in total. The summed E-state index contributed by atoms with van der Waals surface area (Å²) >= 11 is 0. The van der Waals surface area contributed by atoms with E-state index in [1.165, 1.54) is 0 Å². The Labute approximate surface area is 96.1 Å². The highest BCUT2D eigenvalue weighted by molar-refractivity contribution is 6.25. The number of aliphatic carboxylic acids is 1. The van der Waals surface area contributed by atoms with E-state index in [1.54, 1.807) is 12.1 Å². The molecule has 0 saturated carbocycles. The standard InChI is InChI=1S/C11H12O4Si/c1-7-2-4-8(5-3-7)9(6-10(12)13)11(14)15-16/h2-6H,1,16H3,(H,12,13)/b9-6-. The Morgan fingerprint density at radius 2 is 1.88 bits per heavy atom. The summed E-state index contributed by atoms with van der Waals surface area (Å²) < 4.78 is 4.67. The first kappa shape index (κ1) is 12.2. The number of aryl methyl sites for hydroxylation is 1. The highest BCUT2D eigenvalue weighted by atomic mass is 28.2. The van der Waals surface area contributed by atoms with Gasteiger partial charge in [0.2, 0.25) is 10.5 Å². The van der Waals surface area contributed by atoms with Crippen LogP contribution in [0.15, 0.2) is 30.3 Å². The molecule has 0 amide bonds. The summed E-state index contributed by atoms with van der Waals surface area (Å²) in [6.45, 7) is 1.91. The van der Waals surface area contributed by atoms with E-state index in [-0.39, 0.29) is 16.1 Å². The number of carbonyl (C=O) groups is 2. The van der Waals surface area contributed by atoms with E-state index < -0.39 is 11.9 Å². The van der Waals surface area contributed by atoms with Crippen molar-refractivity contribution in [3.8, 4) is 0 Å². The van der Waals surface area contributed by atoms with Crippen molar-refractivity contribution in [3.05, 3.63) is 41.5 Å². The number of hydrogen-bond donors (Lipinski definition) is 1. The second-order valence-electron chi connectivity index (χ2n) is 3.25. The predicted octanol–water partition coefficient (Wildman–Crippen LogP) is 0.287. The highest BCUT2D eigenvalue weighted by Crippen LogP contribution is 2.16.